The van der Waals surface area contributed by atoms with Gasteiger partial charge in [-0.1, -0.05) is 18.2 Å². The number of nitrogens with zero attached hydrogens (tertiary/aromatic N) is 1. The van der Waals surface area contributed by atoms with Gasteiger partial charge in [-0.3, -0.25) is 0 Å². The fraction of sp³-hybridized carbons (Fsp3) is 0.500. The summed E-state index contributed by atoms with van der Waals surface area (Å²) < 4.78 is 49.7. The molecule has 0 aliphatic carbocycles. The number of benzene rings is 1. The van der Waals surface area contributed by atoms with E-state index in [2.05, 4.69) is 0 Å². The Hall–Kier alpha value is -0.630. The van der Waals surface area contributed by atoms with E-state index in [-0.39, 0.29) is 28.8 Å². The van der Waals surface area contributed by atoms with Gasteiger partial charge in [-0.05, 0) is 18.6 Å². The normalized spacial score (nSPS) is 23.6. The molecule has 1 unspecified atom stereocenters. The van der Waals surface area contributed by atoms with Gasteiger partial charge in [0.05, 0.1) is 16.4 Å². The van der Waals surface area contributed by atoms with Crippen molar-refractivity contribution in [3.8, 4) is 0 Å². The van der Waals surface area contributed by atoms with Gasteiger partial charge in [0.15, 0.2) is 9.84 Å². The van der Waals surface area contributed by atoms with Crippen LogP contribution in [0.1, 0.15) is 12.5 Å². The maximum absolute atomic E-state index is 12.7. The molecule has 8 heteroatoms. The lowest BCUT2D eigenvalue weighted by atomic mass is 10.2. The van der Waals surface area contributed by atoms with Crippen LogP contribution in [0.4, 0.5) is 0 Å². The van der Waals surface area contributed by atoms with Crippen LogP contribution in [0.25, 0.3) is 0 Å². The minimum atomic E-state index is -3.72. The highest BCUT2D eigenvalue weighted by Crippen LogP contribution is 2.25. The summed E-state index contributed by atoms with van der Waals surface area (Å²) in [6, 6.07) is 5.95. The number of sulfonamides is 1. The van der Waals surface area contributed by atoms with Crippen LogP contribution >= 0.6 is 11.6 Å². The molecular weight excluding hydrogens is 322 g/mol. The first-order valence-electron chi connectivity index (χ1n) is 6.14. The van der Waals surface area contributed by atoms with Crippen molar-refractivity contribution in [2.24, 2.45) is 0 Å². The van der Waals surface area contributed by atoms with Crippen molar-refractivity contribution in [2.75, 3.05) is 18.1 Å². The summed E-state index contributed by atoms with van der Waals surface area (Å²) in [5.41, 5.74) is 0.523. The molecule has 1 atom stereocenters. The Balaban J connectivity index is 2.41. The molecule has 0 N–H and O–H groups in total. The van der Waals surface area contributed by atoms with E-state index < -0.39 is 25.9 Å². The molecule has 1 aliphatic heterocycles. The molecular formula is C12H16ClNO4S2. The van der Waals surface area contributed by atoms with Crippen LogP contribution in [0.3, 0.4) is 0 Å². The second-order valence-corrected chi connectivity index (χ2v) is 9.18. The average molecular weight is 338 g/mol. The summed E-state index contributed by atoms with van der Waals surface area (Å²) >= 11 is 5.78. The summed E-state index contributed by atoms with van der Waals surface area (Å²) in [6.07, 6.45) is 0. The molecule has 1 saturated heterocycles. The summed E-state index contributed by atoms with van der Waals surface area (Å²) in [4.78, 5) is 0.154. The highest BCUT2D eigenvalue weighted by molar-refractivity contribution is 7.92. The molecule has 5 nitrogen and oxygen atoms in total. The minimum Gasteiger partial charge on any atom is -0.229 e. The zero-order valence-electron chi connectivity index (χ0n) is 11.0. The van der Waals surface area contributed by atoms with Crippen LogP contribution < -0.4 is 0 Å². The summed E-state index contributed by atoms with van der Waals surface area (Å²) in [6.45, 7) is 1.60. The third kappa shape index (κ3) is 3.00. The van der Waals surface area contributed by atoms with Gasteiger partial charge in [0.1, 0.15) is 0 Å². The molecule has 20 heavy (non-hydrogen) atoms. The van der Waals surface area contributed by atoms with Crippen LogP contribution in [0.15, 0.2) is 29.2 Å². The topological polar surface area (TPSA) is 71.5 Å². The number of halogens is 1. The van der Waals surface area contributed by atoms with E-state index in [1.165, 1.54) is 10.4 Å². The van der Waals surface area contributed by atoms with Crippen LogP contribution in [0.2, 0.25) is 0 Å². The Kier molecular flexibility index (Phi) is 4.44. The number of sulfone groups is 1. The fourth-order valence-electron chi connectivity index (χ4n) is 2.33. The second-order valence-electron chi connectivity index (χ2n) is 4.82. The third-order valence-electron chi connectivity index (χ3n) is 3.31. The number of alkyl halides is 1. The molecule has 0 amide bonds. The van der Waals surface area contributed by atoms with Crippen molar-refractivity contribution in [2.45, 2.75) is 23.7 Å². The van der Waals surface area contributed by atoms with Gasteiger partial charge >= 0.3 is 0 Å². The van der Waals surface area contributed by atoms with Crippen molar-refractivity contribution < 1.29 is 16.8 Å². The zero-order chi connectivity index (χ0) is 15.0. The SMILES string of the molecule is CC1CS(=O)(=O)CCN1S(=O)(=O)c1ccccc1CCl. The van der Waals surface area contributed by atoms with Gasteiger partial charge in [0, 0.05) is 18.5 Å². The third-order valence-corrected chi connectivity index (χ3v) is 7.51. The molecule has 0 aromatic heterocycles. The van der Waals surface area contributed by atoms with Crippen molar-refractivity contribution in [1.82, 2.24) is 4.31 Å². The van der Waals surface area contributed by atoms with E-state index in [1.807, 2.05) is 0 Å². The average Bonchev–Trinajstić information content (AvgIpc) is 2.37. The van der Waals surface area contributed by atoms with Crippen molar-refractivity contribution in [1.29, 1.82) is 0 Å². The number of hydrogen-bond donors (Lipinski definition) is 0. The fourth-order valence-corrected chi connectivity index (χ4v) is 6.27. The number of hydrogen-bond acceptors (Lipinski definition) is 4. The largest absolute Gasteiger partial charge is 0.243 e. The zero-order valence-corrected chi connectivity index (χ0v) is 13.4. The van der Waals surface area contributed by atoms with E-state index in [4.69, 9.17) is 11.6 Å². The van der Waals surface area contributed by atoms with Crippen LogP contribution in [0.5, 0.6) is 0 Å². The Morgan fingerprint density at radius 3 is 2.60 bits per heavy atom. The van der Waals surface area contributed by atoms with Crippen molar-refractivity contribution in [3.05, 3.63) is 29.8 Å². The quantitative estimate of drug-likeness (QED) is 0.778. The van der Waals surface area contributed by atoms with Gasteiger partial charge in [0.25, 0.3) is 0 Å². The molecule has 1 aliphatic rings. The van der Waals surface area contributed by atoms with Crippen LogP contribution in [0, 0.1) is 0 Å². The Bertz CT molecular complexity index is 700. The van der Waals surface area contributed by atoms with E-state index in [1.54, 1.807) is 25.1 Å². The predicted molar refractivity (Wildman–Crippen MR) is 78.0 cm³/mol. The first kappa shape index (κ1) is 15.8. The molecule has 0 spiro atoms. The molecule has 1 aromatic carbocycles. The molecule has 2 rings (SSSR count). The Labute approximate surface area is 124 Å². The molecule has 1 fully saturated rings. The smallest absolute Gasteiger partial charge is 0.229 e. The van der Waals surface area contributed by atoms with Gasteiger partial charge in [-0.15, -0.1) is 11.6 Å². The van der Waals surface area contributed by atoms with Gasteiger partial charge < -0.3 is 0 Å². The first-order valence-corrected chi connectivity index (χ1v) is 9.93. The van der Waals surface area contributed by atoms with Gasteiger partial charge in [-0.2, -0.15) is 4.31 Å². The van der Waals surface area contributed by atoms with E-state index >= 15 is 0 Å². The summed E-state index contributed by atoms with van der Waals surface area (Å²) in [5.74, 6) is -0.190. The first-order chi connectivity index (χ1) is 9.28. The summed E-state index contributed by atoms with van der Waals surface area (Å²) in [5, 5.41) is 0. The van der Waals surface area contributed by atoms with E-state index in [0.29, 0.717) is 5.56 Å². The van der Waals surface area contributed by atoms with Crippen molar-refractivity contribution >= 4 is 31.5 Å². The molecule has 0 saturated carbocycles. The minimum absolute atomic E-state index is 0.0115. The molecule has 0 bridgehead atoms. The van der Waals surface area contributed by atoms with Gasteiger partial charge in [0.2, 0.25) is 10.0 Å². The van der Waals surface area contributed by atoms with Crippen LogP contribution in [-0.2, 0) is 25.7 Å². The predicted octanol–water partition coefficient (Wildman–Crippen LogP) is 1.23. The molecule has 1 aromatic rings. The van der Waals surface area contributed by atoms with Gasteiger partial charge in [-0.25, -0.2) is 16.8 Å². The van der Waals surface area contributed by atoms with E-state index in [0.717, 1.165) is 0 Å². The maximum atomic E-state index is 12.7. The maximum Gasteiger partial charge on any atom is 0.243 e. The monoisotopic (exact) mass is 337 g/mol. The molecule has 112 valence electrons. The lowest BCUT2D eigenvalue weighted by Gasteiger charge is -2.32. The lowest BCUT2D eigenvalue weighted by molar-refractivity contribution is 0.356. The van der Waals surface area contributed by atoms with Crippen molar-refractivity contribution in [3.63, 3.8) is 0 Å². The highest BCUT2D eigenvalue weighted by atomic mass is 35.5. The molecule has 1 heterocycles. The molecule has 0 radical (unpaired) electrons. The Morgan fingerprint density at radius 1 is 1.35 bits per heavy atom. The Morgan fingerprint density at radius 2 is 2.00 bits per heavy atom. The number of rotatable bonds is 3. The summed E-state index contributed by atoms with van der Waals surface area (Å²) in [7, 11) is -6.87. The highest BCUT2D eigenvalue weighted by Gasteiger charge is 2.37. The second kappa shape index (κ2) is 5.63. The van der Waals surface area contributed by atoms with Crippen LogP contribution in [-0.4, -0.2) is 45.2 Å². The lowest BCUT2D eigenvalue weighted by Crippen LogP contribution is -2.49. The van der Waals surface area contributed by atoms with E-state index in [9.17, 15) is 16.8 Å². The standard InChI is InChI=1S/C12H16ClNO4S2/c1-10-9-19(15,16)7-6-14(10)20(17,18)12-5-3-2-4-11(12)8-13/h2-5,10H,6-9H2,1H3.